The van der Waals surface area contributed by atoms with Crippen LogP contribution in [0.1, 0.15) is 0 Å². The van der Waals surface area contributed by atoms with Crippen molar-refractivity contribution in [2.45, 2.75) is 0 Å². The Kier molecular flexibility index (Phi) is 3.06. The average Bonchev–Trinajstić information content (AvgIpc) is 2.80. The molecule has 1 heterocycles. The summed E-state index contributed by atoms with van der Waals surface area (Å²) in [5, 5.41) is 0. The van der Waals surface area contributed by atoms with Gasteiger partial charge in [0.25, 0.3) is 0 Å². The van der Waals surface area contributed by atoms with Crippen molar-refractivity contribution < 1.29 is 12.8 Å². The van der Waals surface area contributed by atoms with Gasteiger partial charge < -0.3 is 10.2 Å². The minimum atomic E-state index is -3.28. The summed E-state index contributed by atoms with van der Waals surface area (Å²) in [5.74, 6) is 0.460. The number of nitrogens with two attached hydrogens (primary N) is 1. The monoisotopic (exact) mass is 303 g/mol. The number of hydrogen-bond acceptors (Lipinski definition) is 5. The number of sulfonamides is 1. The lowest BCUT2D eigenvalue weighted by Gasteiger charge is -2.03. The molecule has 0 spiro atoms. The van der Waals surface area contributed by atoms with Crippen molar-refractivity contribution in [3.05, 3.63) is 42.5 Å². The Hall–Kier alpha value is -2.54. The Morgan fingerprint density at radius 3 is 2.52 bits per heavy atom. The first-order chi connectivity index (χ1) is 9.90. The number of rotatable bonds is 3. The molecule has 0 saturated heterocycles. The first-order valence-corrected chi connectivity index (χ1v) is 8.04. The van der Waals surface area contributed by atoms with Gasteiger partial charge in [-0.2, -0.15) is 0 Å². The van der Waals surface area contributed by atoms with E-state index in [2.05, 4.69) is 9.71 Å². The van der Waals surface area contributed by atoms with Crippen molar-refractivity contribution in [3.8, 4) is 11.5 Å². The third-order valence-electron chi connectivity index (χ3n) is 2.85. The molecule has 0 unspecified atom stereocenters. The van der Waals surface area contributed by atoms with Gasteiger partial charge in [0.15, 0.2) is 5.58 Å². The molecule has 6 nitrogen and oxygen atoms in total. The number of nitrogens with zero attached hydrogens (tertiary/aromatic N) is 1. The summed E-state index contributed by atoms with van der Waals surface area (Å²) in [7, 11) is -3.28. The second-order valence-corrected chi connectivity index (χ2v) is 6.45. The maximum Gasteiger partial charge on any atom is 0.229 e. The molecular formula is C14H13N3O3S. The predicted octanol–water partition coefficient (Wildman–Crippen LogP) is 2.45. The van der Waals surface area contributed by atoms with Crippen LogP contribution in [0, 0.1) is 0 Å². The van der Waals surface area contributed by atoms with Gasteiger partial charge in [-0.1, -0.05) is 0 Å². The maximum absolute atomic E-state index is 11.2. The standard InChI is InChI=1S/C14H13N3O3S/c1-21(18,19)17-11-5-2-9(3-6-11)14-16-12-8-10(15)4-7-13(12)20-14/h2-8,17H,15H2,1H3. The van der Waals surface area contributed by atoms with E-state index in [-0.39, 0.29) is 0 Å². The smallest absolute Gasteiger partial charge is 0.229 e. The zero-order valence-electron chi connectivity index (χ0n) is 11.2. The van der Waals surface area contributed by atoms with Crippen LogP contribution >= 0.6 is 0 Å². The molecule has 0 amide bonds. The molecular weight excluding hydrogens is 290 g/mol. The van der Waals surface area contributed by atoms with E-state index >= 15 is 0 Å². The van der Waals surface area contributed by atoms with Crippen molar-refractivity contribution in [2.24, 2.45) is 0 Å². The second kappa shape index (κ2) is 4.78. The van der Waals surface area contributed by atoms with E-state index < -0.39 is 10.0 Å². The van der Waals surface area contributed by atoms with Crippen molar-refractivity contribution in [1.29, 1.82) is 0 Å². The summed E-state index contributed by atoms with van der Waals surface area (Å²) in [4.78, 5) is 4.36. The van der Waals surface area contributed by atoms with Gasteiger partial charge in [-0.25, -0.2) is 13.4 Å². The number of oxazole rings is 1. The van der Waals surface area contributed by atoms with E-state index in [0.29, 0.717) is 28.4 Å². The van der Waals surface area contributed by atoms with Crippen LogP contribution in [-0.2, 0) is 10.0 Å². The van der Waals surface area contributed by atoms with Gasteiger partial charge in [0.1, 0.15) is 5.52 Å². The minimum absolute atomic E-state index is 0.460. The molecule has 0 aliphatic carbocycles. The minimum Gasteiger partial charge on any atom is -0.436 e. The van der Waals surface area contributed by atoms with Crippen LogP contribution in [0.3, 0.4) is 0 Å². The molecule has 0 atom stereocenters. The van der Waals surface area contributed by atoms with E-state index in [9.17, 15) is 8.42 Å². The normalized spacial score (nSPS) is 11.7. The zero-order valence-corrected chi connectivity index (χ0v) is 12.0. The van der Waals surface area contributed by atoms with Crippen LogP contribution in [0.2, 0.25) is 0 Å². The highest BCUT2D eigenvalue weighted by Gasteiger charge is 2.09. The average molecular weight is 303 g/mol. The lowest BCUT2D eigenvalue weighted by molar-refractivity contribution is 0.607. The van der Waals surface area contributed by atoms with E-state index in [1.807, 2.05) is 0 Å². The lowest BCUT2D eigenvalue weighted by Crippen LogP contribution is -2.09. The van der Waals surface area contributed by atoms with Gasteiger partial charge in [0.05, 0.1) is 6.26 Å². The van der Waals surface area contributed by atoms with E-state index in [0.717, 1.165) is 11.8 Å². The summed E-state index contributed by atoms with van der Waals surface area (Å²) in [6, 6.07) is 12.0. The molecule has 108 valence electrons. The topological polar surface area (TPSA) is 98.2 Å². The summed E-state index contributed by atoms with van der Waals surface area (Å²) in [6.07, 6.45) is 1.10. The molecule has 0 aliphatic heterocycles. The fourth-order valence-electron chi connectivity index (χ4n) is 1.96. The summed E-state index contributed by atoms with van der Waals surface area (Å²) < 4.78 is 30.3. The molecule has 3 rings (SSSR count). The number of nitrogens with one attached hydrogen (secondary N) is 1. The fraction of sp³-hybridized carbons (Fsp3) is 0.0714. The third-order valence-corrected chi connectivity index (χ3v) is 3.45. The van der Waals surface area contributed by atoms with Crippen molar-refractivity contribution in [3.63, 3.8) is 0 Å². The molecule has 0 saturated carbocycles. The van der Waals surface area contributed by atoms with Crippen molar-refractivity contribution >= 4 is 32.5 Å². The lowest BCUT2D eigenvalue weighted by atomic mass is 10.2. The van der Waals surface area contributed by atoms with Gasteiger partial charge in [0, 0.05) is 16.9 Å². The largest absolute Gasteiger partial charge is 0.436 e. The van der Waals surface area contributed by atoms with Crippen molar-refractivity contribution in [1.82, 2.24) is 4.98 Å². The number of aromatic nitrogens is 1. The van der Waals surface area contributed by atoms with Gasteiger partial charge >= 0.3 is 0 Å². The quantitative estimate of drug-likeness (QED) is 0.724. The summed E-state index contributed by atoms with van der Waals surface area (Å²) in [6.45, 7) is 0. The van der Waals surface area contributed by atoms with Crippen LogP contribution in [0.25, 0.3) is 22.6 Å². The van der Waals surface area contributed by atoms with Gasteiger partial charge in [0.2, 0.25) is 15.9 Å². The Balaban J connectivity index is 1.95. The Labute approximate surface area is 121 Å². The zero-order chi connectivity index (χ0) is 15.0. The molecule has 7 heteroatoms. The molecule has 1 aromatic heterocycles. The van der Waals surface area contributed by atoms with Crippen LogP contribution in [-0.4, -0.2) is 19.7 Å². The van der Waals surface area contributed by atoms with Crippen molar-refractivity contribution in [2.75, 3.05) is 16.7 Å². The van der Waals surface area contributed by atoms with Crippen LogP contribution < -0.4 is 10.5 Å². The number of hydrogen-bond donors (Lipinski definition) is 2. The second-order valence-electron chi connectivity index (χ2n) is 4.70. The summed E-state index contributed by atoms with van der Waals surface area (Å²) >= 11 is 0. The first-order valence-electron chi connectivity index (χ1n) is 6.15. The van der Waals surface area contributed by atoms with Gasteiger partial charge in [-0.15, -0.1) is 0 Å². The van der Waals surface area contributed by atoms with Gasteiger partial charge in [-0.05, 0) is 42.5 Å². The molecule has 0 aliphatic rings. The third kappa shape index (κ3) is 2.97. The molecule has 3 aromatic rings. The highest BCUT2D eigenvalue weighted by molar-refractivity contribution is 7.92. The molecule has 3 N–H and O–H groups in total. The molecule has 0 radical (unpaired) electrons. The maximum atomic E-state index is 11.2. The van der Waals surface area contributed by atoms with Crippen LogP contribution in [0.15, 0.2) is 46.9 Å². The Bertz CT molecular complexity index is 899. The summed E-state index contributed by atoms with van der Waals surface area (Å²) in [5.41, 5.74) is 8.90. The molecule has 21 heavy (non-hydrogen) atoms. The SMILES string of the molecule is CS(=O)(=O)Nc1ccc(-c2nc3cc(N)ccc3o2)cc1. The van der Waals surface area contributed by atoms with E-state index in [1.165, 1.54) is 0 Å². The number of nitrogen functional groups attached to an aromatic ring is 1. The first kappa shape index (κ1) is 13.4. The molecule has 2 aromatic carbocycles. The van der Waals surface area contributed by atoms with E-state index in [1.54, 1.807) is 42.5 Å². The highest BCUT2D eigenvalue weighted by atomic mass is 32.2. The Morgan fingerprint density at radius 1 is 1.14 bits per heavy atom. The highest BCUT2D eigenvalue weighted by Crippen LogP contribution is 2.26. The fourth-order valence-corrected chi connectivity index (χ4v) is 2.53. The van der Waals surface area contributed by atoms with Gasteiger partial charge in [-0.3, -0.25) is 4.72 Å². The molecule has 0 fully saturated rings. The number of fused-ring (bicyclic) bond motifs is 1. The number of benzene rings is 2. The number of anilines is 2. The van der Waals surface area contributed by atoms with Crippen LogP contribution in [0.5, 0.6) is 0 Å². The molecule has 0 bridgehead atoms. The Morgan fingerprint density at radius 2 is 1.86 bits per heavy atom. The predicted molar refractivity (Wildman–Crippen MR) is 82.3 cm³/mol. The van der Waals surface area contributed by atoms with E-state index in [4.69, 9.17) is 10.2 Å². The van der Waals surface area contributed by atoms with Crippen LogP contribution in [0.4, 0.5) is 11.4 Å².